The molecule has 0 spiro atoms. The van der Waals surface area contributed by atoms with Crippen molar-refractivity contribution in [2.24, 2.45) is 0 Å². The summed E-state index contributed by atoms with van der Waals surface area (Å²) < 4.78 is 27.6. The van der Waals surface area contributed by atoms with Crippen LogP contribution in [0.4, 0.5) is 0 Å². The lowest BCUT2D eigenvalue weighted by molar-refractivity contribution is -0.122. The fourth-order valence-corrected chi connectivity index (χ4v) is 4.10. The predicted molar refractivity (Wildman–Crippen MR) is 94.8 cm³/mol. The van der Waals surface area contributed by atoms with Crippen LogP contribution in [0.15, 0.2) is 53.4 Å². The number of likely N-dealkylation sites (N-methyl/N-ethyl adjacent to an activating group) is 1. The Kier molecular flexibility index (Phi) is 6.23. The molecule has 0 radical (unpaired) electrons. The molecule has 8 heteroatoms. The van der Waals surface area contributed by atoms with Gasteiger partial charge in [-0.3, -0.25) is 4.79 Å². The van der Waals surface area contributed by atoms with Crippen LogP contribution < -0.4 is 10.0 Å². The Morgan fingerprint density at radius 1 is 1.12 bits per heavy atom. The van der Waals surface area contributed by atoms with E-state index in [0.717, 1.165) is 5.56 Å². The van der Waals surface area contributed by atoms with Crippen LogP contribution in [-0.2, 0) is 21.2 Å². The Hall–Kier alpha value is -1.60. The van der Waals surface area contributed by atoms with E-state index in [2.05, 4.69) is 10.0 Å². The quantitative estimate of drug-likeness (QED) is 0.800. The molecular weight excluding hydrogens is 371 g/mol. The van der Waals surface area contributed by atoms with Crippen LogP contribution in [0, 0.1) is 0 Å². The molecule has 0 heterocycles. The van der Waals surface area contributed by atoms with Crippen molar-refractivity contribution >= 4 is 39.1 Å². The van der Waals surface area contributed by atoms with E-state index in [1.54, 1.807) is 0 Å². The number of carbonyl (C=O) groups excluding carboxylic acids is 1. The van der Waals surface area contributed by atoms with E-state index in [-0.39, 0.29) is 21.4 Å². The van der Waals surface area contributed by atoms with E-state index in [1.807, 2.05) is 30.3 Å². The third kappa shape index (κ3) is 4.70. The normalized spacial score (nSPS) is 12.6. The van der Waals surface area contributed by atoms with Gasteiger partial charge in [0.15, 0.2) is 0 Å². The zero-order valence-corrected chi connectivity index (χ0v) is 15.1. The Bertz CT molecular complexity index is 826. The summed E-state index contributed by atoms with van der Waals surface area (Å²) in [6, 6.07) is 12.3. The number of amides is 1. The highest BCUT2D eigenvalue weighted by Crippen LogP contribution is 2.25. The second-order valence-corrected chi connectivity index (χ2v) is 7.58. The molecule has 24 heavy (non-hydrogen) atoms. The van der Waals surface area contributed by atoms with Gasteiger partial charge < -0.3 is 5.32 Å². The molecule has 128 valence electrons. The molecule has 0 unspecified atom stereocenters. The minimum absolute atomic E-state index is 0.0299. The highest BCUT2D eigenvalue weighted by molar-refractivity contribution is 7.89. The van der Waals surface area contributed by atoms with Crippen LogP contribution in [0.2, 0.25) is 10.0 Å². The summed E-state index contributed by atoms with van der Waals surface area (Å²) in [5.41, 5.74) is 0.825. The summed E-state index contributed by atoms with van der Waals surface area (Å²) >= 11 is 11.8. The lowest BCUT2D eigenvalue weighted by Crippen LogP contribution is -2.47. The largest absolute Gasteiger partial charge is 0.358 e. The molecule has 2 N–H and O–H groups in total. The molecule has 1 atom stereocenters. The first-order valence-corrected chi connectivity index (χ1v) is 9.30. The van der Waals surface area contributed by atoms with Crippen LogP contribution in [-0.4, -0.2) is 27.4 Å². The van der Waals surface area contributed by atoms with E-state index >= 15 is 0 Å². The summed E-state index contributed by atoms with van der Waals surface area (Å²) in [4.78, 5) is 11.9. The highest BCUT2D eigenvalue weighted by atomic mass is 35.5. The molecule has 0 fully saturated rings. The van der Waals surface area contributed by atoms with Crippen LogP contribution in [0.5, 0.6) is 0 Å². The SMILES string of the molecule is CNC(=O)[C@H](Cc1ccccc1)NS(=O)(=O)c1cc(Cl)ccc1Cl. The molecule has 0 bridgehead atoms. The maximum Gasteiger partial charge on any atom is 0.242 e. The summed E-state index contributed by atoms with van der Waals surface area (Å²) in [5.74, 6) is -0.444. The molecule has 2 aromatic carbocycles. The third-order valence-electron chi connectivity index (χ3n) is 3.33. The monoisotopic (exact) mass is 386 g/mol. The topological polar surface area (TPSA) is 75.3 Å². The van der Waals surface area contributed by atoms with Gasteiger partial charge in [-0.25, -0.2) is 8.42 Å². The highest BCUT2D eigenvalue weighted by Gasteiger charge is 2.27. The number of rotatable bonds is 6. The number of sulfonamides is 1. The first kappa shape index (κ1) is 18.7. The van der Waals surface area contributed by atoms with Gasteiger partial charge in [0, 0.05) is 12.1 Å². The van der Waals surface area contributed by atoms with Crippen LogP contribution in [0.25, 0.3) is 0 Å². The standard InChI is InChI=1S/C16H16Cl2N2O3S/c1-19-16(21)14(9-11-5-3-2-4-6-11)20-24(22,23)15-10-12(17)7-8-13(15)18/h2-8,10,14,20H,9H2,1H3,(H,19,21)/t14-/m0/s1. The molecule has 2 rings (SSSR count). The maximum absolute atomic E-state index is 12.6. The van der Waals surface area contributed by atoms with Crippen molar-refractivity contribution in [1.29, 1.82) is 0 Å². The van der Waals surface area contributed by atoms with Crippen molar-refractivity contribution in [3.05, 3.63) is 64.1 Å². The van der Waals surface area contributed by atoms with Crippen LogP contribution >= 0.6 is 23.2 Å². The Labute approximate surface area is 151 Å². The van der Waals surface area contributed by atoms with E-state index in [4.69, 9.17) is 23.2 Å². The number of carbonyl (C=O) groups is 1. The first-order chi connectivity index (χ1) is 11.3. The van der Waals surface area contributed by atoms with Gasteiger partial charge >= 0.3 is 0 Å². The van der Waals surface area contributed by atoms with Gasteiger partial charge in [-0.05, 0) is 30.2 Å². The minimum atomic E-state index is -4.02. The molecule has 1 amide bonds. The van der Waals surface area contributed by atoms with Crippen LogP contribution in [0.1, 0.15) is 5.56 Å². The van der Waals surface area contributed by atoms with Crippen molar-refractivity contribution in [3.8, 4) is 0 Å². The minimum Gasteiger partial charge on any atom is -0.358 e. The van der Waals surface area contributed by atoms with E-state index in [9.17, 15) is 13.2 Å². The number of benzene rings is 2. The zero-order chi connectivity index (χ0) is 17.7. The Balaban J connectivity index is 2.31. The molecule has 0 saturated heterocycles. The molecule has 0 aliphatic heterocycles. The fourth-order valence-electron chi connectivity index (χ4n) is 2.15. The molecular formula is C16H16Cl2N2O3S. The van der Waals surface area contributed by atoms with Gasteiger partial charge in [0.1, 0.15) is 10.9 Å². The lowest BCUT2D eigenvalue weighted by Gasteiger charge is -2.18. The van der Waals surface area contributed by atoms with Gasteiger partial charge in [0.05, 0.1) is 5.02 Å². The third-order valence-corrected chi connectivity index (χ3v) is 5.51. The average Bonchev–Trinajstić information content (AvgIpc) is 2.56. The summed E-state index contributed by atoms with van der Waals surface area (Å²) in [5, 5.41) is 2.73. The number of nitrogens with one attached hydrogen (secondary N) is 2. The Morgan fingerprint density at radius 3 is 2.42 bits per heavy atom. The molecule has 0 saturated carbocycles. The summed E-state index contributed by atoms with van der Waals surface area (Å²) in [7, 11) is -2.57. The second kappa shape index (κ2) is 7.98. The van der Waals surface area contributed by atoms with Crippen molar-refractivity contribution < 1.29 is 13.2 Å². The van der Waals surface area contributed by atoms with E-state index < -0.39 is 22.0 Å². The van der Waals surface area contributed by atoms with Crippen LogP contribution in [0.3, 0.4) is 0 Å². The van der Waals surface area contributed by atoms with E-state index in [1.165, 1.54) is 25.2 Å². The van der Waals surface area contributed by atoms with Gasteiger partial charge in [0.2, 0.25) is 15.9 Å². The summed E-state index contributed by atoms with van der Waals surface area (Å²) in [6.07, 6.45) is 0.206. The molecule has 0 aromatic heterocycles. The first-order valence-electron chi connectivity index (χ1n) is 7.06. The summed E-state index contributed by atoms with van der Waals surface area (Å²) in [6.45, 7) is 0. The predicted octanol–water partition coefficient (Wildman–Crippen LogP) is 2.63. The molecule has 2 aromatic rings. The van der Waals surface area contributed by atoms with Crippen molar-refractivity contribution in [2.45, 2.75) is 17.4 Å². The number of hydrogen-bond acceptors (Lipinski definition) is 3. The van der Waals surface area contributed by atoms with Crippen molar-refractivity contribution in [3.63, 3.8) is 0 Å². The number of hydrogen-bond donors (Lipinski definition) is 2. The van der Waals surface area contributed by atoms with Gasteiger partial charge in [0.25, 0.3) is 0 Å². The van der Waals surface area contributed by atoms with Gasteiger partial charge in [-0.15, -0.1) is 0 Å². The van der Waals surface area contributed by atoms with Gasteiger partial charge in [-0.2, -0.15) is 4.72 Å². The molecule has 0 aliphatic carbocycles. The maximum atomic E-state index is 12.6. The second-order valence-electron chi connectivity index (χ2n) is 5.05. The van der Waals surface area contributed by atoms with Crippen molar-refractivity contribution in [2.75, 3.05) is 7.05 Å². The fraction of sp³-hybridized carbons (Fsp3) is 0.188. The van der Waals surface area contributed by atoms with Gasteiger partial charge in [-0.1, -0.05) is 53.5 Å². The smallest absolute Gasteiger partial charge is 0.242 e. The molecule has 5 nitrogen and oxygen atoms in total. The lowest BCUT2D eigenvalue weighted by atomic mass is 10.1. The van der Waals surface area contributed by atoms with Crippen molar-refractivity contribution in [1.82, 2.24) is 10.0 Å². The number of halogens is 2. The molecule has 0 aliphatic rings. The Morgan fingerprint density at radius 2 is 1.79 bits per heavy atom. The van der Waals surface area contributed by atoms with E-state index in [0.29, 0.717) is 0 Å². The average molecular weight is 387 g/mol. The zero-order valence-electron chi connectivity index (χ0n) is 12.8.